The van der Waals surface area contributed by atoms with Gasteiger partial charge in [-0.3, -0.25) is 0 Å². The average Bonchev–Trinajstić information content (AvgIpc) is 2.84. The molecule has 3 nitrogen and oxygen atoms in total. The van der Waals surface area contributed by atoms with Crippen LogP contribution in [0.1, 0.15) is 29.2 Å². The quantitative estimate of drug-likeness (QED) is 0.790. The number of aliphatic hydroxyl groups excluding tert-OH is 1. The van der Waals surface area contributed by atoms with Crippen molar-refractivity contribution in [1.82, 2.24) is 0 Å². The van der Waals surface area contributed by atoms with Crippen LogP contribution >= 0.6 is 0 Å². The van der Waals surface area contributed by atoms with Gasteiger partial charge < -0.3 is 15.5 Å². The van der Waals surface area contributed by atoms with E-state index < -0.39 is 0 Å². The highest BCUT2D eigenvalue weighted by atomic mass is 16.3. The molecule has 19 heavy (non-hydrogen) atoms. The molecule has 0 saturated carbocycles. The van der Waals surface area contributed by atoms with Crippen LogP contribution in [0.5, 0.6) is 5.75 Å². The van der Waals surface area contributed by atoms with E-state index in [1.54, 1.807) is 6.07 Å². The first kappa shape index (κ1) is 12.1. The van der Waals surface area contributed by atoms with Crippen molar-refractivity contribution in [3.63, 3.8) is 0 Å². The van der Waals surface area contributed by atoms with Crippen LogP contribution in [0.15, 0.2) is 42.5 Å². The maximum atomic E-state index is 9.85. The summed E-state index contributed by atoms with van der Waals surface area (Å²) >= 11 is 0. The molecule has 0 bridgehead atoms. The smallest absolute Gasteiger partial charge is 0.119 e. The molecule has 3 N–H and O–H groups in total. The molecule has 0 spiro atoms. The molecular formula is C16H17NO2. The summed E-state index contributed by atoms with van der Waals surface area (Å²) in [5, 5.41) is 22.7. The fourth-order valence-corrected chi connectivity index (χ4v) is 2.77. The summed E-state index contributed by atoms with van der Waals surface area (Å²) < 4.78 is 0. The topological polar surface area (TPSA) is 52.5 Å². The second-order valence-electron chi connectivity index (χ2n) is 4.90. The van der Waals surface area contributed by atoms with E-state index in [-0.39, 0.29) is 12.6 Å². The summed E-state index contributed by atoms with van der Waals surface area (Å²) in [6, 6.07) is 13.7. The van der Waals surface area contributed by atoms with E-state index >= 15 is 0 Å². The van der Waals surface area contributed by atoms with Crippen LogP contribution in [0.3, 0.4) is 0 Å². The van der Waals surface area contributed by atoms with Gasteiger partial charge in [0.05, 0.1) is 12.6 Å². The number of nitrogens with one attached hydrogen (secondary N) is 1. The summed E-state index contributed by atoms with van der Waals surface area (Å²) in [6.45, 7) is 0.0305. The van der Waals surface area contributed by atoms with E-state index in [2.05, 4.69) is 11.4 Å². The van der Waals surface area contributed by atoms with Gasteiger partial charge >= 0.3 is 0 Å². The molecule has 1 atom stereocenters. The number of rotatable bonds is 3. The van der Waals surface area contributed by atoms with Gasteiger partial charge in [-0.2, -0.15) is 0 Å². The molecule has 3 heteroatoms. The minimum Gasteiger partial charge on any atom is -0.508 e. The van der Waals surface area contributed by atoms with Crippen molar-refractivity contribution in [2.75, 3.05) is 5.32 Å². The monoisotopic (exact) mass is 255 g/mol. The average molecular weight is 255 g/mol. The fraction of sp³-hybridized carbons (Fsp3) is 0.250. The predicted octanol–water partition coefficient (Wildman–Crippen LogP) is 2.98. The molecule has 3 rings (SSSR count). The van der Waals surface area contributed by atoms with Crippen molar-refractivity contribution >= 4 is 5.69 Å². The Morgan fingerprint density at radius 2 is 1.95 bits per heavy atom. The van der Waals surface area contributed by atoms with Crippen LogP contribution in [0.4, 0.5) is 5.69 Å². The molecule has 2 aromatic carbocycles. The van der Waals surface area contributed by atoms with Gasteiger partial charge in [0.25, 0.3) is 0 Å². The van der Waals surface area contributed by atoms with Crippen molar-refractivity contribution in [2.45, 2.75) is 25.5 Å². The summed E-state index contributed by atoms with van der Waals surface area (Å²) in [7, 11) is 0. The van der Waals surface area contributed by atoms with Crippen molar-refractivity contribution in [3.05, 3.63) is 59.2 Å². The first-order valence-electron chi connectivity index (χ1n) is 6.55. The van der Waals surface area contributed by atoms with Gasteiger partial charge in [-0.1, -0.05) is 30.3 Å². The van der Waals surface area contributed by atoms with Gasteiger partial charge in [0.2, 0.25) is 0 Å². The molecule has 0 amide bonds. The lowest BCUT2D eigenvalue weighted by molar-refractivity contribution is 0.282. The molecule has 98 valence electrons. The molecule has 0 aliphatic heterocycles. The first-order valence-corrected chi connectivity index (χ1v) is 6.55. The Balaban J connectivity index is 1.89. The number of para-hydroxylation sites is 1. The number of hydrogen-bond donors (Lipinski definition) is 3. The largest absolute Gasteiger partial charge is 0.508 e. The summed E-state index contributed by atoms with van der Waals surface area (Å²) in [5.41, 5.74) is 4.07. The summed E-state index contributed by atoms with van der Waals surface area (Å²) in [4.78, 5) is 0. The molecule has 1 unspecified atom stereocenters. The number of phenols is 1. The van der Waals surface area contributed by atoms with Gasteiger partial charge in [-0.05, 0) is 36.1 Å². The van der Waals surface area contributed by atoms with Crippen molar-refractivity contribution in [2.24, 2.45) is 0 Å². The number of phenolic OH excluding ortho intramolecular Hbond substituents is 1. The van der Waals surface area contributed by atoms with Crippen molar-refractivity contribution in [3.8, 4) is 5.75 Å². The number of benzene rings is 2. The van der Waals surface area contributed by atoms with Gasteiger partial charge in [0.15, 0.2) is 0 Å². The zero-order valence-corrected chi connectivity index (χ0v) is 10.6. The maximum absolute atomic E-state index is 9.85. The highest BCUT2D eigenvalue weighted by molar-refractivity contribution is 5.55. The number of aliphatic hydroxyl groups is 1. The third-order valence-corrected chi connectivity index (χ3v) is 3.76. The Hall–Kier alpha value is -2.00. The van der Waals surface area contributed by atoms with Crippen LogP contribution in [0.25, 0.3) is 0 Å². The third kappa shape index (κ3) is 2.17. The molecule has 1 aliphatic carbocycles. The van der Waals surface area contributed by atoms with Crippen molar-refractivity contribution < 1.29 is 10.2 Å². The van der Waals surface area contributed by atoms with Crippen LogP contribution in [-0.2, 0) is 13.0 Å². The first-order chi connectivity index (χ1) is 9.29. The summed E-state index contributed by atoms with van der Waals surface area (Å²) in [5.74, 6) is 0.386. The normalized spacial score (nSPS) is 17.2. The Morgan fingerprint density at radius 3 is 2.79 bits per heavy atom. The van der Waals surface area contributed by atoms with Gasteiger partial charge in [0, 0.05) is 11.3 Å². The lowest BCUT2D eigenvalue weighted by Crippen LogP contribution is -2.08. The van der Waals surface area contributed by atoms with E-state index in [0.717, 1.165) is 35.2 Å². The van der Waals surface area contributed by atoms with Gasteiger partial charge in [0.1, 0.15) is 5.75 Å². The lowest BCUT2D eigenvalue weighted by atomic mass is 10.1. The van der Waals surface area contributed by atoms with Crippen LogP contribution in [-0.4, -0.2) is 10.2 Å². The van der Waals surface area contributed by atoms with Gasteiger partial charge in [-0.25, -0.2) is 0 Å². The van der Waals surface area contributed by atoms with Crippen LogP contribution < -0.4 is 5.32 Å². The molecule has 1 aliphatic rings. The van der Waals surface area contributed by atoms with E-state index in [9.17, 15) is 10.2 Å². The van der Waals surface area contributed by atoms with E-state index in [0.29, 0.717) is 5.75 Å². The minimum atomic E-state index is 0.0305. The Morgan fingerprint density at radius 1 is 1.11 bits per heavy atom. The van der Waals surface area contributed by atoms with Crippen LogP contribution in [0.2, 0.25) is 0 Å². The highest BCUT2D eigenvalue weighted by Gasteiger charge is 2.24. The standard InChI is InChI=1S/C16H17NO2/c18-10-11-4-1-2-6-14(11)17-15-9-8-13-12(15)5-3-7-16(13)19/h1-7,15,17-19H,8-10H2. The Kier molecular flexibility index (Phi) is 3.13. The second-order valence-corrected chi connectivity index (χ2v) is 4.90. The van der Waals surface area contributed by atoms with Gasteiger partial charge in [-0.15, -0.1) is 0 Å². The van der Waals surface area contributed by atoms with Crippen molar-refractivity contribution in [1.29, 1.82) is 0 Å². The zero-order valence-electron chi connectivity index (χ0n) is 10.6. The SMILES string of the molecule is OCc1ccccc1NC1CCc2c(O)cccc21. The minimum absolute atomic E-state index is 0.0305. The zero-order chi connectivity index (χ0) is 13.2. The lowest BCUT2D eigenvalue weighted by Gasteiger charge is -2.18. The van der Waals surface area contributed by atoms with E-state index in [4.69, 9.17) is 0 Å². The van der Waals surface area contributed by atoms with Crippen LogP contribution in [0, 0.1) is 0 Å². The van der Waals surface area contributed by atoms with E-state index in [1.165, 1.54) is 0 Å². The number of fused-ring (bicyclic) bond motifs is 1. The summed E-state index contributed by atoms with van der Waals surface area (Å²) in [6.07, 6.45) is 1.85. The Labute approximate surface area is 112 Å². The molecule has 0 saturated heterocycles. The molecule has 0 radical (unpaired) electrons. The highest BCUT2D eigenvalue weighted by Crippen LogP contribution is 2.38. The second kappa shape index (κ2) is 4.94. The number of hydrogen-bond acceptors (Lipinski definition) is 3. The number of anilines is 1. The molecule has 0 aromatic heterocycles. The Bertz CT molecular complexity index is 595. The fourth-order valence-electron chi connectivity index (χ4n) is 2.77. The third-order valence-electron chi connectivity index (χ3n) is 3.76. The molecule has 0 fully saturated rings. The molecule has 0 heterocycles. The molecular weight excluding hydrogens is 238 g/mol. The van der Waals surface area contributed by atoms with E-state index in [1.807, 2.05) is 30.3 Å². The number of aromatic hydroxyl groups is 1. The molecule has 2 aromatic rings. The maximum Gasteiger partial charge on any atom is 0.119 e. The predicted molar refractivity (Wildman–Crippen MR) is 75.2 cm³/mol.